The minimum atomic E-state index is -0.359. The van der Waals surface area contributed by atoms with Gasteiger partial charge in [0.25, 0.3) is 0 Å². The van der Waals surface area contributed by atoms with E-state index < -0.39 is 0 Å². The summed E-state index contributed by atoms with van der Waals surface area (Å²) in [5.41, 5.74) is 0. The van der Waals surface area contributed by atoms with Crippen molar-refractivity contribution in [2.75, 3.05) is 0 Å². The molecule has 2 heteroatoms. The Morgan fingerprint density at radius 2 is 1.15 bits per heavy atom. The summed E-state index contributed by atoms with van der Waals surface area (Å²) in [6, 6.07) is 0. The fraction of sp³-hybridized carbons (Fsp3) is 1.00. The first-order valence-electron chi connectivity index (χ1n) is 8.81. The van der Waals surface area contributed by atoms with Crippen molar-refractivity contribution in [1.29, 1.82) is 0 Å². The summed E-state index contributed by atoms with van der Waals surface area (Å²) in [4.78, 5) is 0. The molecule has 0 aromatic rings. The molecule has 0 aliphatic heterocycles. The van der Waals surface area contributed by atoms with Gasteiger partial charge >= 0.3 is 0 Å². The van der Waals surface area contributed by atoms with Crippen molar-refractivity contribution in [2.24, 2.45) is 0 Å². The average molecular weight is 286 g/mol. The fourth-order valence-electron chi connectivity index (χ4n) is 2.80. The van der Waals surface area contributed by atoms with Crippen LogP contribution in [0.15, 0.2) is 0 Å². The van der Waals surface area contributed by atoms with Crippen LogP contribution in [0.1, 0.15) is 99.3 Å². The summed E-state index contributed by atoms with van der Waals surface area (Å²) in [6.07, 6.45) is 11.5. The molecule has 0 aromatic heterocycles. The molecule has 0 spiro atoms. The highest BCUT2D eigenvalue weighted by Gasteiger charge is 2.32. The third kappa shape index (κ3) is 9.77. The van der Waals surface area contributed by atoms with E-state index >= 15 is 0 Å². The Hall–Kier alpha value is -0.0800. The van der Waals surface area contributed by atoms with E-state index in [1.807, 2.05) is 0 Å². The van der Waals surface area contributed by atoms with Crippen molar-refractivity contribution < 1.29 is 9.47 Å². The van der Waals surface area contributed by atoms with Gasteiger partial charge in [-0.3, -0.25) is 0 Å². The Bertz CT molecular complexity index is 201. The number of hydrogen-bond donors (Lipinski definition) is 0. The average Bonchev–Trinajstić information content (AvgIpc) is 2.32. The molecule has 122 valence electrons. The highest BCUT2D eigenvalue weighted by Crippen LogP contribution is 2.30. The van der Waals surface area contributed by atoms with Gasteiger partial charge in [-0.25, -0.2) is 0 Å². The molecule has 0 N–H and O–H groups in total. The first-order chi connectivity index (χ1) is 9.45. The SMILES string of the molecule is CCCCCCCCC(CCC)(OC(C)C)OC(C)C. The molecule has 0 aliphatic rings. The third-order valence-corrected chi connectivity index (χ3v) is 3.44. The van der Waals surface area contributed by atoms with Gasteiger partial charge in [-0.2, -0.15) is 0 Å². The van der Waals surface area contributed by atoms with Crippen LogP contribution >= 0.6 is 0 Å². The molecular weight excluding hydrogens is 248 g/mol. The molecule has 0 atom stereocenters. The third-order valence-electron chi connectivity index (χ3n) is 3.44. The largest absolute Gasteiger partial charge is 0.347 e. The second-order valence-electron chi connectivity index (χ2n) is 6.51. The van der Waals surface area contributed by atoms with Crippen LogP contribution in [0.4, 0.5) is 0 Å². The van der Waals surface area contributed by atoms with Gasteiger partial charge in [-0.05, 0) is 34.1 Å². The van der Waals surface area contributed by atoms with Crippen LogP contribution in [0.25, 0.3) is 0 Å². The maximum atomic E-state index is 6.19. The van der Waals surface area contributed by atoms with Crippen LogP contribution in [-0.2, 0) is 9.47 Å². The van der Waals surface area contributed by atoms with Gasteiger partial charge in [-0.1, -0.05) is 52.4 Å². The molecule has 0 saturated heterocycles. The van der Waals surface area contributed by atoms with Gasteiger partial charge in [-0.15, -0.1) is 0 Å². The van der Waals surface area contributed by atoms with Crippen LogP contribution in [0.5, 0.6) is 0 Å². The normalized spacial score (nSPS) is 12.6. The van der Waals surface area contributed by atoms with Gasteiger partial charge in [0.1, 0.15) is 0 Å². The standard InChI is InChI=1S/C18H38O2/c1-7-9-10-11-12-13-15-18(14-8-2,19-16(3)4)20-17(5)6/h16-17H,7-15H2,1-6H3. The summed E-state index contributed by atoms with van der Waals surface area (Å²) in [6.45, 7) is 12.9. The van der Waals surface area contributed by atoms with Gasteiger partial charge in [0, 0.05) is 12.8 Å². The van der Waals surface area contributed by atoms with E-state index in [4.69, 9.17) is 9.47 Å². The molecule has 2 nitrogen and oxygen atoms in total. The lowest BCUT2D eigenvalue weighted by Gasteiger charge is -2.37. The lowest BCUT2D eigenvalue weighted by molar-refractivity contribution is -0.276. The lowest BCUT2D eigenvalue weighted by atomic mass is 10.0. The molecular formula is C18H38O2. The topological polar surface area (TPSA) is 18.5 Å². The number of hydrogen-bond acceptors (Lipinski definition) is 2. The van der Waals surface area contributed by atoms with Crippen molar-refractivity contribution in [1.82, 2.24) is 0 Å². The van der Waals surface area contributed by atoms with E-state index in [0.29, 0.717) is 0 Å². The summed E-state index contributed by atoms with van der Waals surface area (Å²) < 4.78 is 12.4. The molecule has 0 rings (SSSR count). The van der Waals surface area contributed by atoms with Crippen LogP contribution in [-0.4, -0.2) is 18.0 Å². The Balaban J connectivity index is 4.33. The Morgan fingerprint density at radius 3 is 1.60 bits per heavy atom. The zero-order chi connectivity index (χ0) is 15.4. The molecule has 0 unspecified atom stereocenters. The van der Waals surface area contributed by atoms with Crippen molar-refractivity contribution >= 4 is 0 Å². The fourth-order valence-corrected chi connectivity index (χ4v) is 2.80. The van der Waals surface area contributed by atoms with Crippen LogP contribution in [0.3, 0.4) is 0 Å². The molecule has 0 aromatic carbocycles. The smallest absolute Gasteiger partial charge is 0.168 e. The zero-order valence-electron chi connectivity index (χ0n) is 14.8. The van der Waals surface area contributed by atoms with Gasteiger partial charge < -0.3 is 9.47 Å². The van der Waals surface area contributed by atoms with E-state index in [0.717, 1.165) is 19.3 Å². The maximum absolute atomic E-state index is 6.19. The molecule has 0 saturated carbocycles. The summed E-state index contributed by atoms with van der Waals surface area (Å²) in [7, 11) is 0. The van der Waals surface area contributed by atoms with Gasteiger partial charge in [0.2, 0.25) is 0 Å². The minimum absolute atomic E-state index is 0.223. The van der Waals surface area contributed by atoms with Gasteiger partial charge in [0.15, 0.2) is 5.79 Å². The molecule has 20 heavy (non-hydrogen) atoms. The first-order valence-corrected chi connectivity index (χ1v) is 8.81. The summed E-state index contributed by atoms with van der Waals surface area (Å²) >= 11 is 0. The lowest BCUT2D eigenvalue weighted by Crippen LogP contribution is -2.40. The van der Waals surface area contributed by atoms with E-state index in [9.17, 15) is 0 Å². The molecule has 0 radical (unpaired) electrons. The Labute approximate surface area is 127 Å². The quantitative estimate of drug-likeness (QED) is 0.301. The Morgan fingerprint density at radius 1 is 0.650 bits per heavy atom. The monoisotopic (exact) mass is 286 g/mol. The summed E-state index contributed by atoms with van der Waals surface area (Å²) in [5.74, 6) is -0.359. The van der Waals surface area contributed by atoms with E-state index in [1.54, 1.807) is 0 Å². The predicted molar refractivity (Wildman–Crippen MR) is 88.1 cm³/mol. The first kappa shape index (κ1) is 19.9. The second-order valence-corrected chi connectivity index (χ2v) is 6.51. The minimum Gasteiger partial charge on any atom is -0.347 e. The maximum Gasteiger partial charge on any atom is 0.168 e. The molecule has 0 bridgehead atoms. The van der Waals surface area contributed by atoms with E-state index in [2.05, 4.69) is 41.5 Å². The highest BCUT2D eigenvalue weighted by atomic mass is 16.7. The predicted octanol–water partition coefficient (Wildman–Crippen LogP) is 6.08. The second kappa shape index (κ2) is 11.6. The van der Waals surface area contributed by atoms with Crippen molar-refractivity contribution in [2.45, 2.75) is 117 Å². The van der Waals surface area contributed by atoms with Crippen LogP contribution in [0, 0.1) is 0 Å². The number of unbranched alkanes of at least 4 members (excludes halogenated alkanes) is 5. The van der Waals surface area contributed by atoms with Crippen molar-refractivity contribution in [3.63, 3.8) is 0 Å². The van der Waals surface area contributed by atoms with E-state index in [1.165, 1.54) is 38.5 Å². The zero-order valence-corrected chi connectivity index (χ0v) is 14.8. The van der Waals surface area contributed by atoms with Crippen LogP contribution < -0.4 is 0 Å². The highest BCUT2D eigenvalue weighted by molar-refractivity contribution is 4.72. The van der Waals surface area contributed by atoms with Gasteiger partial charge in [0.05, 0.1) is 12.2 Å². The molecule has 0 heterocycles. The van der Waals surface area contributed by atoms with Crippen molar-refractivity contribution in [3.8, 4) is 0 Å². The molecule has 0 amide bonds. The molecule has 0 aliphatic carbocycles. The summed E-state index contributed by atoms with van der Waals surface area (Å²) in [5, 5.41) is 0. The van der Waals surface area contributed by atoms with Crippen molar-refractivity contribution in [3.05, 3.63) is 0 Å². The van der Waals surface area contributed by atoms with E-state index in [-0.39, 0.29) is 18.0 Å². The Kier molecular flexibility index (Phi) is 11.5. The number of rotatable bonds is 13. The van der Waals surface area contributed by atoms with Crippen LogP contribution in [0.2, 0.25) is 0 Å². The number of ether oxygens (including phenoxy) is 2. The molecule has 0 fully saturated rings.